The molecule has 1 aromatic heterocycles. The number of rotatable bonds is 6. The molecule has 26 heavy (non-hydrogen) atoms. The van der Waals surface area contributed by atoms with Crippen molar-refractivity contribution in [3.8, 4) is 17.0 Å². The molecule has 6 heteroatoms. The summed E-state index contributed by atoms with van der Waals surface area (Å²) >= 11 is 6.09. The molecule has 0 atom stereocenters. The van der Waals surface area contributed by atoms with Gasteiger partial charge in [0.25, 0.3) is 0 Å². The molecule has 0 saturated carbocycles. The monoisotopic (exact) mass is 369 g/mol. The first-order chi connectivity index (χ1) is 12.6. The Balaban J connectivity index is 1.84. The zero-order chi connectivity index (χ0) is 18.5. The Morgan fingerprint density at radius 2 is 2.04 bits per heavy atom. The highest BCUT2D eigenvalue weighted by Gasteiger charge is 2.17. The molecule has 0 unspecified atom stereocenters. The van der Waals surface area contributed by atoms with Crippen LogP contribution in [0.2, 0.25) is 5.02 Å². The fourth-order valence-corrected chi connectivity index (χ4v) is 2.95. The van der Waals surface area contributed by atoms with Crippen molar-refractivity contribution in [3.63, 3.8) is 0 Å². The Bertz CT molecular complexity index is 921. The number of halogens is 1. The van der Waals surface area contributed by atoms with E-state index in [9.17, 15) is 4.79 Å². The lowest BCUT2D eigenvalue weighted by atomic mass is 10.1. The number of aromatic nitrogens is 2. The second-order valence-electron chi connectivity index (χ2n) is 5.87. The average molecular weight is 370 g/mol. The average Bonchev–Trinajstić information content (AvgIpc) is 3.04. The molecule has 0 bridgehead atoms. The number of anilines is 1. The Morgan fingerprint density at radius 1 is 1.23 bits per heavy atom. The minimum absolute atomic E-state index is 0.113. The van der Waals surface area contributed by atoms with E-state index in [0.29, 0.717) is 16.4 Å². The van der Waals surface area contributed by atoms with Gasteiger partial charge in [-0.15, -0.1) is 0 Å². The van der Waals surface area contributed by atoms with Gasteiger partial charge in [-0.1, -0.05) is 42.8 Å². The fraction of sp³-hybridized carbons (Fsp3) is 0.200. The third-order valence-corrected chi connectivity index (χ3v) is 4.29. The Hall–Kier alpha value is -2.79. The van der Waals surface area contributed by atoms with E-state index in [0.717, 1.165) is 29.0 Å². The van der Waals surface area contributed by atoms with Crippen LogP contribution < -0.4 is 10.1 Å². The maximum atomic E-state index is 12.6. The predicted molar refractivity (Wildman–Crippen MR) is 104 cm³/mol. The zero-order valence-corrected chi connectivity index (χ0v) is 15.4. The van der Waals surface area contributed by atoms with Gasteiger partial charge in [-0.3, -0.25) is 9.89 Å². The standard InChI is InChI=1S/C20H20ClN3O2/c1-3-17-20(19(24-23-17)14-7-5-8-15(21)12-14)22-18(25)11-13-6-4-9-16(10-13)26-2/h4-10,12H,3,11H2,1-2H3,(H,22,25)(H,23,24). The maximum Gasteiger partial charge on any atom is 0.228 e. The molecule has 2 aromatic carbocycles. The number of ether oxygens (including phenoxy) is 1. The van der Waals surface area contributed by atoms with Crippen LogP contribution in [0.5, 0.6) is 5.75 Å². The second kappa shape index (κ2) is 8.06. The summed E-state index contributed by atoms with van der Waals surface area (Å²) in [6, 6.07) is 14.9. The number of methoxy groups -OCH3 is 1. The first kappa shape index (κ1) is 18.0. The Morgan fingerprint density at radius 3 is 2.77 bits per heavy atom. The molecule has 3 aromatic rings. The van der Waals surface area contributed by atoms with Crippen LogP contribution in [0.1, 0.15) is 18.2 Å². The molecule has 0 aliphatic rings. The number of nitrogens with one attached hydrogen (secondary N) is 2. The number of carbonyl (C=O) groups excluding carboxylic acids is 1. The molecule has 2 N–H and O–H groups in total. The van der Waals surface area contributed by atoms with Gasteiger partial charge in [-0.05, 0) is 36.2 Å². The second-order valence-corrected chi connectivity index (χ2v) is 6.30. The minimum atomic E-state index is -0.113. The molecular weight excluding hydrogens is 350 g/mol. The number of amides is 1. The zero-order valence-electron chi connectivity index (χ0n) is 14.7. The highest BCUT2D eigenvalue weighted by molar-refractivity contribution is 6.30. The summed E-state index contributed by atoms with van der Waals surface area (Å²) in [6.07, 6.45) is 0.975. The molecule has 1 amide bonds. The van der Waals surface area contributed by atoms with E-state index in [1.54, 1.807) is 13.2 Å². The summed E-state index contributed by atoms with van der Waals surface area (Å²) in [5.41, 5.74) is 3.99. The quantitative estimate of drug-likeness (QED) is 0.673. The highest BCUT2D eigenvalue weighted by Crippen LogP contribution is 2.30. The lowest BCUT2D eigenvalue weighted by Gasteiger charge is -2.09. The maximum absolute atomic E-state index is 12.6. The Labute approximate surface area is 157 Å². The summed E-state index contributed by atoms with van der Waals surface area (Å²) < 4.78 is 5.21. The number of hydrogen-bond donors (Lipinski definition) is 2. The number of carbonyl (C=O) groups is 1. The van der Waals surface area contributed by atoms with Crippen molar-refractivity contribution in [1.82, 2.24) is 10.2 Å². The van der Waals surface area contributed by atoms with Gasteiger partial charge in [0, 0.05) is 10.6 Å². The third kappa shape index (κ3) is 4.06. The largest absolute Gasteiger partial charge is 0.497 e. The summed E-state index contributed by atoms with van der Waals surface area (Å²) in [6.45, 7) is 2.01. The van der Waals surface area contributed by atoms with Gasteiger partial charge < -0.3 is 10.1 Å². The van der Waals surface area contributed by atoms with Crippen LogP contribution in [-0.4, -0.2) is 23.2 Å². The van der Waals surface area contributed by atoms with Gasteiger partial charge in [0.05, 0.1) is 24.9 Å². The van der Waals surface area contributed by atoms with E-state index in [2.05, 4.69) is 15.5 Å². The number of aromatic amines is 1. The van der Waals surface area contributed by atoms with Gasteiger partial charge >= 0.3 is 0 Å². The van der Waals surface area contributed by atoms with Crippen LogP contribution in [0.3, 0.4) is 0 Å². The first-order valence-corrected chi connectivity index (χ1v) is 8.74. The first-order valence-electron chi connectivity index (χ1n) is 8.36. The van der Waals surface area contributed by atoms with Crippen LogP contribution in [0.25, 0.3) is 11.3 Å². The molecule has 0 fully saturated rings. The number of nitrogens with zero attached hydrogens (tertiary/aromatic N) is 1. The summed E-state index contributed by atoms with van der Waals surface area (Å²) in [5, 5.41) is 11.0. The summed E-state index contributed by atoms with van der Waals surface area (Å²) in [7, 11) is 1.61. The molecule has 0 spiro atoms. The number of H-pyrrole nitrogens is 1. The molecular formula is C20H20ClN3O2. The minimum Gasteiger partial charge on any atom is -0.497 e. The van der Waals surface area contributed by atoms with Crippen molar-refractivity contribution in [2.45, 2.75) is 19.8 Å². The molecule has 5 nitrogen and oxygen atoms in total. The fourth-order valence-electron chi connectivity index (χ4n) is 2.76. The van der Waals surface area contributed by atoms with Crippen molar-refractivity contribution < 1.29 is 9.53 Å². The van der Waals surface area contributed by atoms with E-state index in [1.807, 2.05) is 49.4 Å². The van der Waals surface area contributed by atoms with Gasteiger partial charge in [0.2, 0.25) is 5.91 Å². The lowest BCUT2D eigenvalue weighted by molar-refractivity contribution is -0.115. The van der Waals surface area contributed by atoms with Crippen LogP contribution in [0.15, 0.2) is 48.5 Å². The van der Waals surface area contributed by atoms with Crippen LogP contribution in [0, 0.1) is 0 Å². The van der Waals surface area contributed by atoms with Crippen molar-refractivity contribution in [2.24, 2.45) is 0 Å². The van der Waals surface area contributed by atoms with Crippen LogP contribution >= 0.6 is 11.6 Å². The van der Waals surface area contributed by atoms with Gasteiger partial charge in [0.1, 0.15) is 11.4 Å². The molecule has 1 heterocycles. The molecule has 0 aliphatic carbocycles. The molecule has 0 saturated heterocycles. The number of hydrogen-bond acceptors (Lipinski definition) is 3. The van der Waals surface area contributed by atoms with Crippen LogP contribution in [-0.2, 0) is 17.6 Å². The normalized spacial score (nSPS) is 10.6. The molecule has 134 valence electrons. The van der Waals surface area contributed by atoms with E-state index in [-0.39, 0.29) is 12.3 Å². The molecule has 3 rings (SSSR count). The van der Waals surface area contributed by atoms with E-state index < -0.39 is 0 Å². The smallest absolute Gasteiger partial charge is 0.228 e. The van der Waals surface area contributed by atoms with Crippen molar-refractivity contribution in [2.75, 3.05) is 12.4 Å². The highest BCUT2D eigenvalue weighted by atomic mass is 35.5. The lowest BCUT2D eigenvalue weighted by Crippen LogP contribution is -2.15. The number of aryl methyl sites for hydroxylation is 1. The van der Waals surface area contributed by atoms with Gasteiger partial charge in [-0.25, -0.2) is 0 Å². The van der Waals surface area contributed by atoms with E-state index >= 15 is 0 Å². The van der Waals surface area contributed by atoms with Crippen molar-refractivity contribution in [1.29, 1.82) is 0 Å². The van der Waals surface area contributed by atoms with Gasteiger partial charge in [0.15, 0.2) is 0 Å². The van der Waals surface area contributed by atoms with Crippen molar-refractivity contribution in [3.05, 3.63) is 64.8 Å². The SMILES string of the molecule is CCc1[nH]nc(-c2cccc(Cl)c2)c1NC(=O)Cc1cccc(OC)c1. The summed E-state index contributed by atoms with van der Waals surface area (Å²) in [5.74, 6) is 0.616. The van der Waals surface area contributed by atoms with Crippen LogP contribution in [0.4, 0.5) is 5.69 Å². The van der Waals surface area contributed by atoms with Crippen molar-refractivity contribution >= 4 is 23.2 Å². The topological polar surface area (TPSA) is 67.0 Å². The number of benzene rings is 2. The third-order valence-electron chi connectivity index (χ3n) is 4.06. The van der Waals surface area contributed by atoms with E-state index in [4.69, 9.17) is 16.3 Å². The van der Waals surface area contributed by atoms with Gasteiger partial charge in [-0.2, -0.15) is 5.10 Å². The Kier molecular flexibility index (Phi) is 5.58. The predicted octanol–water partition coefficient (Wildman–Crippen LogP) is 4.48. The molecule has 0 aliphatic heterocycles. The molecule has 0 radical (unpaired) electrons. The summed E-state index contributed by atoms with van der Waals surface area (Å²) in [4.78, 5) is 12.6. The van der Waals surface area contributed by atoms with E-state index in [1.165, 1.54) is 0 Å².